The molecule has 0 saturated carbocycles. The molecule has 0 radical (unpaired) electrons. The van der Waals surface area contributed by atoms with Crippen LogP contribution >= 0.6 is 23.2 Å². The molecular formula is C30H33Cl2N9O. The maximum Gasteiger partial charge on any atom is 0.258 e. The van der Waals surface area contributed by atoms with Gasteiger partial charge in [0.25, 0.3) is 5.78 Å². The molecule has 2 aliphatic rings. The Morgan fingerprint density at radius 2 is 1.69 bits per heavy atom. The molecule has 5 aromatic rings. The van der Waals surface area contributed by atoms with E-state index in [1.54, 1.807) is 6.33 Å². The number of aromatic nitrogens is 7. The second kappa shape index (κ2) is 11.4. The Labute approximate surface area is 254 Å². The van der Waals surface area contributed by atoms with E-state index in [0.717, 1.165) is 66.0 Å². The summed E-state index contributed by atoms with van der Waals surface area (Å²) in [5.41, 5.74) is 3.99. The number of ether oxygens (including phenoxy) is 1. The van der Waals surface area contributed by atoms with E-state index < -0.39 is 0 Å². The first kappa shape index (κ1) is 27.5. The van der Waals surface area contributed by atoms with Gasteiger partial charge in [-0.2, -0.15) is 4.98 Å². The fraction of sp³-hybridized carbons (Fsp3) is 0.433. The van der Waals surface area contributed by atoms with Crippen LogP contribution in [0.5, 0.6) is 0 Å². The highest BCUT2D eigenvalue weighted by molar-refractivity contribution is 6.30. The second-order valence-corrected chi connectivity index (χ2v) is 12.2. The lowest BCUT2D eigenvalue weighted by molar-refractivity contribution is 0.0944. The molecule has 5 heterocycles. The molecule has 3 atom stereocenters. The SMILES string of the molecule is CC[C@@H]1CN(c2nc3nncn3c3c2nnn3C[C@H]2CCCO2)[C@@H](C)CN1C(c1ccc(Cl)cc1)c1ccc(Cl)cc1. The van der Waals surface area contributed by atoms with Crippen LogP contribution in [0, 0.1) is 0 Å². The van der Waals surface area contributed by atoms with Crippen LogP contribution in [0.4, 0.5) is 5.82 Å². The van der Waals surface area contributed by atoms with Crippen molar-refractivity contribution in [2.24, 2.45) is 0 Å². The molecule has 2 saturated heterocycles. The zero-order valence-electron chi connectivity index (χ0n) is 23.6. The van der Waals surface area contributed by atoms with Crippen LogP contribution in [-0.2, 0) is 11.3 Å². The van der Waals surface area contributed by atoms with Crippen LogP contribution in [0.1, 0.15) is 50.3 Å². The summed E-state index contributed by atoms with van der Waals surface area (Å²) < 4.78 is 9.70. The zero-order chi connectivity index (χ0) is 28.8. The Morgan fingerprint density at radius 3 is 2.33 bits per heavy atom. The highest BCUT2D eigenvalue weighted by atomic mass is 35.5. The van der Waals surface area contributed by atoms with E-state index in [-0.39, 0.29) is 24.2 Å². The largest absolute Gasteiger partial charge is 0.376 e. The summed E-state index contributed by atoms with van der Waals surface area (Å²) in [6.45, 7) is 7.52. The molecule has 0 unspecified atom stereocenters. The molecule has 3 aromatic heterocycles. The summed E-state index contributed by atoms with van der Waals surface area (Å²) in [5, 5.41) is 19.1. The highest BCUT2D eigenvalue weighted by Gasteiger charge is 2.38. The van der Waals surface area contributed by atoms with Crippen molar-refractivity contribution in [1.29, 1.82) is 0 Å². The lowest BCUT2D eigenvalue weighted by Gasteiger charge is -2.49. The third-order valence-electron chi connectivity index (χ3n) is 8.62. The van der Waals surface area contributed by atoms with Crippen LogP contribution in [0.15, 0.2) is 54.9 Å². The van der Waals surface area contributed by atoms with Crippen molar-refractivity contribution in [3.8, 4) is 0 Å². The predicted octanol–water partition coefficient (Wildman–Crippen LogP) is 5.43. The first-order valence-corrected chi connectivity index (χ1v) is 15.3. The monoisotopic (exact) mass is 605 g/mol. The van der Waals surface area contributed by atoms with E-state index in [4.69, 9.17) is 32.9 Å². The quantitative estimate of drug-likeness (QED) is 0.242. The number of fused-ring (bicyclic) bond motifs is 3. The minimum Gasteiger partial charge on any atom is -0.376 e. The van der Waals surface area contributed by atoms with Crippen LogP contribution in [0.2, 0.25) is 10.0 Å². The molecule has 0 spiro atoms. The highest BCUT2D eigenvalue weighted by Crippen LogP contribution is 2.37. The van der Waals surface area contributed by atoms with Crippen molar-refractivity contribution in [2.45, 2.75) is 63.9 Å². The molecule has 12 heteroatoms. The fourth-order valence-corrected chi connectivity index (χ4v) is 6.76. The van der Waals surface area contributed by atoms with Crippen molar-refractivity contribution in [3.63, 3.8) is 0 Å². The molecule has 7 rings (SSSR count). The lowest BCUT2D eigenvalue weighted by atomic mass is 9.92. The van der Waals surface area contributed by atoms with Crippen molar-refractivity contribution in [3.05, 3.63) is 76.0 Å². The maximum atomic E-state index is 6.29. The predicted molar refractivity (Wildman–Crippen MR) is 163 cm³/mol. The van der Waals surface area contributed by atoms with Gasteiger partial charge >= 0.3 is 0 Å². The molecule has 2 aliphatic heterocycles. The van der Waals surface area contributed by atoms with E-state index in [9.17, 15) is 0 Å². The molecule has 2 fully saturated rings. The topological polar surface area (TPSA) is 89.5 Å². The molecule has 0 bridgehead atoms. The van der Waals surface area contributed by atoms with Gasteiger partial charge in [-0.1, -0.05) is 59.6 Å². The van der Waals surface area contributed by atoms with Crippen molar-refractivity contribution in [1.82, 2.24) is 39.5 Å². The van der Waals surface area contributed by atoms with E-state index in [0.29, 0.717) is 12.3 Å². The van der Waals surface area contributed by atoms with Gasteiger partial charge in [-0.3, -0.25) is 4.90 Å². The van der Waals surface area contributed by atoms with Crippen molar-refractivity contribution in [2.75, 3.05) is 24.6 Å². The average molecular weight is 607 g/mol. The van der Waals surface area contributed by atoms with Crippen molar-refractivity contribution >= 4 is 46.0 Å². The number of nitrogens with zero attached hydrogens (tertiary/aromatic N) is 9. The molecule has 2 aromatic carbocycles. The minimum atomic E-state index is 0.0494. The lowest BCUT2D eigenvalue weighted by Crippen LogP contribution is -2.58. The van der Waals surface area contributed by atoms with E-state index in [1.807, 2.05) is 33.3 Å². The van der Waals surface area contributed by atoms with Crippen LogP contribution in [0.25, 0.3) is 16.9 Å². The third kappa shape index (κ3) is 5.00. The van der Waals surface area contributed by atoms with Gasteiger partial charge in [-0.25, -0.2) is 9.08 Å². The van der Waals surface area contributed by atoms with Gasteiger partial charge in [0, 0.05) is 41.8 Å². The van der Waals surface area contributed by atoms with Gasteiger partial charge in [-0.15, -0.1) is 15.3 Å². The summed E-state index contributed by atoms with van der Waals surface area (Å²) >= 11 is 12.6. The van der Waals surface area contributed by atoms with Crippen molar-refractivity contribution < 1.29 is 4.74 Å². The fourth-order valence-electron chi connectivity index (χ4n) is 6.50. The standard InChI is InChI=1S/C30H33Cl2N9O/c1-3-24-16-38(19(2)15-39(24)27(20-6-10-22(31)11-7-20)21-8-12-23(32)13-9-21)28-26-29(40-18-33-36-30(40)34-28)41(37-35-26)17-25-5-4-14-42-25/h6-13,18-19,24-25,27H,3-5,14-17H2,1-2H3/t19-,24+,25+/m0/s1. The second-order valence-electron chi connectivity index (χ2n) is 11.3. The van der Waals surface area contributed by atoms with Gasteiger partial charge in [0.05, 0.1) is 18.7 Å². The first-order valence-electron chi connectivity index (χ1n) is 14.6. The van der Waals surface area contributed by atoms with Gasteiger partial charge in [-0.05, 0) is 61.6 Å². The molecule has 0 N–H and O–H groups in total. The van der Waals surface area contributed by atoms with Crippen LogP contribution in [-0.4, -0.2) is 77.4 Å². The number of anilines is 1. The number of halogens is 2. The normalized spacial score (nSPS) is 21.7. The Balaban J connectivity index is 1.26. The number of rotatable bonds is 7. The molecule has 42 heavy (non-hydrogen) atoms. The molecule has 0 aliphatic carbocycles. The minimum absolute atomic E-state index is 0.0494. The Kier molecular flexibility index (Phi) is 7.47. The summed E-state index contributed by atoms with van der Waals surface area (Å²) in [6.07, 6.45) is 4.86. The Bertz CT molecular complexity index is 1640. The first-order chi connectivity index (χ1) is 20.5. The molecule has 218 valence electrons. The number of benzene rings is 2. The molecule has 0 amide bonds. The maximum absolute atomic E-state index is 6.29. The third-order valence-corrected chi connectivity index (χ3v) is 9.12. The zero-order valence-corrected chi connectivity index (χ0v) is 25.2. The smallest absolute Gasteiger partial charge is 0.258 e. The average Bonchev–Trinajstić information content (AvgIpc) is 3.77. The van der Waals surface area contributed by atoms with Gasteiger partial charge < -0.3 is 9.64 Å². The molecular weight excluding hydrogens is 573 g/mol. The summed E-state index contributed by atoms with van der Waals surface area (Å²) in [4.78, 5) is 9.95. The Morgan fingerprint density at radius 1 is 0.976 bits per heavy atom. The number of piperazine rings is 1. The van der Waals surface area contributed by atoms with Gasteiger partial charge in [0.1, 0.15) is 6.33 Å². The van der Waals surface area contributed by atoms with Gasteiger partial charge in [0.2, 0.25) is 0 Å². The molecule has 10 nitrogen and oxygen atoms in total. The number of hydrogen-bond donors (Lipinski definition) is 0. The summed E-state index contributed by atoms with van der Waals surface area (Å²) in [5.74, 6) is 1.33. The van der Waals surface area contributed by atoms with Crippen LogP contribution < -0.4 is 4.90 Å². The van der Waals surface area contributed by atoms with E-state index in [1.165, 1.54) is 11.1 Å². The number of hydrogen-bond acceptors (Lipinski definition) is 8. The summed E-state index contributed by atoms with van der Waals surface area (Å²) in [7, 11) is 0. The van der Waals surface area contributed by atoms with E-state index in [2.05, 4.69) is 68.4 Å². The Hall–Kier alpha value is -3.31. The van der Waals surface area contributed by atoms with Crippen LogP contribution in [0.3, 0.4) is 0 Å². The van der Waals surface area contributed by atoms with E-state index >= 15 is 0 Å². The summed E-state index contributed by atoms with van der Waals surface area (Å²) in [6, 6.07) is 16.8. The van der Waals surface area contributed by atoms with Gasteiger partial charge in [0.15, 0.2) is 17.0 Å².